The first-order valence-electron chi connectivity index (χ1n) is 6.70. The second-order valence-corrected chi connectivity index (χ2v) is 4.97. The summed E-state index contributed by atoms with van der Waals surface area (Å²) >= 11 is 5.01. The fraction of sp³-hybridized carbons (Fsp3) is 0.231. The molecule has 0 aliphatic carbocycles. The maximum Gasteiger partial charge on any atom is 0.214 e. The molecule has 2 aromatic heterocycles. The number of hydrogen-bond acceptors (Lipinski definition) is 6. The Balaban J connectivity index is 2.00. The molecule has 0 radical (unpaired) electrons. The van der Waals surface area contributed by atoms with Crippen LogP contribution in [0.25, 0.3) is 17.2 Å². The van der Waals surface area contributed by atoms with Crippen LogP contribution in [0.3, 0.4) is 0 Å². The maximum atomic E-state index is 5.83. The van der Waals surface area contributed by atoms with Gasteiger partial charge in [-0.2, -0.15) is 5.10 Å². The van der Waals surface area contributed by atoms with Gasteiger partial charge in [0.25, 0.3) is 0 Å². The summed E-state index contributed by atoms with van der Waals surface area (Å²) in [6.45, 7) is 4.47. The van der Waals surface area contributed by atoms with Gasteiger partial charge < -0.3 is 10.6 Å². The Morgan fingerprint density at radius 3 is 2.64 bits per heavy atom. The molecule has 0 aliphatic rings. The zero-order valence-electron chi connectivity index (χ0n) is 12.1. The van der Waals surface area contributed by atoms with Crippen molar-refractivity contribution in [3.63, 3.8) is 0 Å². The van der Waals surface area contributed by atoms with Gasteiger partial charge in [-0.15, -0.1) is 5.10 Å². The van der Waals surface area contributed by atoms with E-state index in [1.165, 1.54) is 4.68 Å². The van der Waals surface area contributed by atoms with Gasteiger partial charge in [0, 0.05) is 0 Å². The largest absolute Gasteiger partial charge is 0.494 e. The van der Waals surface area contributed by atoms with Gasteiger partial charge in [0.05, 0.1) is 18.0 Å². The third-order valence-electron chi connectivity index (χ3n) is 3.20. The van der Waals surface area contributed by atoms with E-state index in [0.29, 0.717) is 22.9 Å². The Morgan fingerprint density at radius 2 is 2.05 bits per heavy atom. The van der Waals surface area contributed by atoms with Crippen LogP contribution in [0.4, 0.5) is 0 Å². The van der Waals surface area contributed by atoms with Gasteiger partial charge in [-0.3, -0.25) is 0 Å². The zero-order chi connectivity index (χ0) is 15.7. The summed E-state index contributed by atoms with van der Waals surface area (Å²) in [5.41, 5.74) is 2.26. The summed E-state index contributed by atoms with van der Waals surface area (Å²) in [4.78, 5) is 0. The van der Waals surface area contributed by atoms with Crippen molar-refractivity contribution in [2.75, 3.05) is 12.4 Å². The first-order valence-corrected chi connectivity index (χ1v) is 7.11. The van der Waals surface area contributed by atoms with E-state index in [0.717, 1.165) is 17.1 Å². The number of rotatable bonds is 4. The summed E-state index contributed by atoms with van der Waals surface area (Å²) in [6.07, 6.45) is 0. The Labute approximate surface area is 131 Å². The van der Waals surface area contributed by atoms with Crippen molar-refractivity contribution in [3.8, 4) is 23.0 Å². The van der Waals surface area contributed by atoms with Crippen molar-refractivity contribution >= 4 is 12.2 Å². The quantitative estimate of drug-likeness (QED) is 0.560. The zero-order valence-corrected chi connectivity index (χ0v) is 13.0. The van der Waals surface area contributed by atoms with Gasteiger partial charge in [-0.05, 0) is 50.3 Å². The fourth-order valence-corrected chi connectivity index (χ4v) is 2.24. The molecule has 114 valence electrons. The molecule has 9 heteroatoms. The van der Waals surface area contributed by atoms with Crippen LogP contribution in [-0.4, -0.2) is 36.5 Å². The van der Waals surface area contributed by atoms with E-state index in [1.54, 1.807) is 4.68 Å². The molecular formula is C13H15N7OS. The molecule has 0 saturated heterocycles. The number of nitrogen functional groups attached to an aromatic ring is 1. The summed E-state index contributed by atoms with van der Waals surface area (Å²) < 4.78 is 8.74. The smallest absolute Gasteiger partial charge is 0.214 e. The lowest BCUT2D eigenvalue weighted by Crippen LogP contribution is -2.10. The van der Waals surface area contributed by atoms with Crippen LogP contribution in [-0.2, 0) is 0 Å². The van der Waals surface area contributed by atoms with E-state index in [2.05, 4.69) is 20.5 Å². The Kier molecular flexibility index (Phi) is 3.63. The molecule has 0 unspecified atom stereocenters. The highest BCUT2D eigenvalue weighted by molar-refractivity contribution is 7.71. The Hall–Kier alpha value is -2.68. The first kappa shape index (κ1) is 14.3. The number of aromatic nitrogens is 6. The monoisotopic (exact) mass is 317 g/mol. The molecule has 2 heterocycles. The minimum Gasteiger partial charge on any atom is -0.494 e. The van der Waals surface area contributed by atoms with Crippen LogP contribution in [0.5, 0.6) is 5.75 Å². The SMILES string of the molecule is CCOc1ccc(-n2nnc(-c3n[nH]c(=S)n3N)c2C)cc1. The number of ether oxygens (including phenoxy) is 1. The Morgan fingerprint density at radius 1 is 1.32 bits per heavy atom. The van der Waals surface area contributed by atoms with E-state index in [-0.39, 0.29) is 0 Å². The van der Waals surface area contributed by atoms with Crippen LogP contribution in [0.2, 0.25) is 0 Å². The molecule has 0 bridgehead atoms. The lowest BCUT2D eigenvalue weighted by molar-refractivity contribution is 0.340. The highest BCUT2D eigenvalue weighted by atomic mass is 32.1. The molecule has 1 aromatic carbocycles. The standard InChI is InChI=1S/C13H15N7OS/c1-3-21-10-6-4-9(5-7-10)20-8(2)11(15-18-20)12-16-17-13(22)19(12)14/h4-7H,3,14H2,1-2H3,(H,17,22). The summed E-state index contributed by atoms with van der Waals surface area (Å²) in [5.74, 6) is 7.09. The van der Waals surface area contributed by atoms with Gasteiger partial charge in [0.2, 0.25) is 10.6 Å². The highest BCUT2D eigenvalue weighted by Crippen LogP contribution is 2.21. The van der Waals surface area contributed by atoms with Crippen molar-refractivity contribution in [1.29, 1.82) is 0 Å². The van der Waals surface area contributed by atoms with E-state index < -0.39 is 0 Å². The van der Waals surface area contributed by atoms with Crippen LogP contribution in [0, 0.1) is 11.7 Å². The number of nitrogens with zero attached hydrogens (tertiary/aromatic N) is 5. The number of benzene rings is 1. The molecule has 0 saturated carbocycles. The average Bonchev–Trinajstić information content (AvgIpc) is 3.04. The predicted molar refractivity (Wildman–Crippen MR) is 83.8 cm³/mol. The van der Waals surface area contributed by atoms with Gasteiger partial charge in [-0.1, -0.05) is 5.21 Å². The first-order chi connectivity index (χ1) is 10.6. The van der Waals surface area contributed by atoms with Crippen molar-refractivity contribution in [2.24, 2.45) is 0 Å². The fourth-order valence-electron chi connectivity index (χ4n) is 2.10. The van der Waals surface area contributed by atoms with Crippen molar-refractivity contribution in [3.05, 3.63) is 34.7 Å². The van der Waals surface area contributed by atoms with Crippen LogP contribution < -0.4 is 10.6 Å². The van der Waals surface area contributed by atoms with E-state index in [1.807, 2.05) is 38.1 Å². The lowest BCUT2D eigenvalue weighted by Gasteiger charge is -2.06. The molecule has 0 atom stereocenters. The molecule has 22 heavy (non-hydrogen) atoms. The third kappa shape index (κ3) is 2.35. The van der Waals surface area contributed by atoms with Crippen molar-refractivity contribution in [1.82, 2.24) is 29.9 Å². The second-order valence-electron chi connectivity index (χ2n) is 4.58. The molecule has 3 rings (SSSR count). The molecule has 3 N–H and O–H groups in total. The molecule has 0 fully saturated rings. The number of nitrogens with two attached hydrogens (primary N) is 1. The minimum absolute atomic E-state index is 0.324. The number of H-pyrrole nitrogens is 1. The van der Waals surface area contributed by atoms with Crippen LogP contribution >= 0.6 is 12.2 Å². The lowest BCUT2D eigenvalue weighted by atomic mass is 10.2. The highest BCUT2D eigenvalue weighted by Gasteiger charge is 2.17. The Bertz CT molecular complexity index is 846. The molecular weight excluding hydrogens is 302 g/mol. The molecule has 0 aliphatic heterocycles. The molecule has 8 nitrogen and oxygen atoms in total. The topological polar surface area (TPSA) is 99.6 Å². The second kappa shape index (κ2) is 5.60. The van der Waals surface area contributed by atoms with Gasteiger partial charge >= 0.3 is 0 Å². The van der Waals surface area contributed by atoms with Crippen LogP contribution in [0.15, 0.2) is 24.3 Å². The summed E-state index contributed by atoms with van der Waals surface area (Å²) in [7, 11) is 0. The van der Waals surface area contributed by atoms with E-state index >= 15 is 0 Å². The summed E-state index contributed by atoms with van der Waals surface area (Å²) in [5, 5.41) is 15.0. The maximum absolute atomic E-state index is 5.83. The molecule has 0 amide bonds. The average molecular weight is 317 g/mol. The van der Waals surface area contributed by atoms with Crippen LogP contribution in [0.1, 0.15) is 12.6 Å². The van der Waals surface area contributed by atoms with E-state index in [4.69, 9.17) is 22.8 Å². The van der Waals surface area contributed by atoms with Gasteiger partial charge in [0.1, 0.15) is 5.75 Å². The number of hydrogen-bond donors (Lipinski definition) is 2. The molecule has 0 spiro atoms. The minimum atomic E-state index is 0.324. The van der Waals surface area contributed by atoms with Crippen molar-refractivity contribution in [2.45, 2.75) is 13.8 Å². The van der Waals surface area contributed by atoms with E-state index in [9.17, 15) is 0 Å². The summed E-state index contributed by atoms with van der Waals surface area (Å²) in [6, 6.07) is 7.60. The third-order valence-corrected chi connectivity index (χ3v) is 3.49. The van der Waals surface area contributed by atoms with Gasteiger partial charge in [-0.25, -0.2) is 14.5 Å². The normalized spacial score (nSPS) is 10.8. The van der Waals surface area contributed by atoms with Crippen molar-refractivity contribution < 1.29 is 4.74 Å². The predicted octanol–water partition coefficient (Wildman–Crippen LogP) is 1.61. The number of aromatic amines is 1. The molecule has 3 aromatic rings. The number of nitrogens with one attached hydrogen (secondary N) is 1. The van der Waals surface area contributed by atoms with Gasteiger partial charge in [0.15, 0.2) is 5.69 Å².